The van der Waals surface area contributed by atoms with E-state index >= 15 is 0 Å². The maximum atomic E-state index is 12.1. The first-order chi connectivity index (χ1) is 39.4. The smallest absolute Gasteiger partial charge is 0.343 e. The van der Waals surface area contributed by atoms with Crippen LogP contribution in [0.2, 0.25) is 0 Å². The van der Waals surface area contributed by atoms with Gasteiger partial charge in [0.25, 0.3) is 0 Å². The van der Waals surface area contributed by atoms with Crippen molar-refractivity contribution in [3.05, 3.63) is 283 Å². The lowest BCUT2D eigenvalue weighted by atomic mass is 9.97. The summed E-state index contributed by atoms with van der Waals surface area (Å²) in [6.45, 7) is 0. The summed E-state index contributed by atoms with van der Waals surface area (Å²) in [6.07, 6.45) is 8.90. The Balaban J connectivity index is 0.000000101. The molecule has 0 aliphatic heterocycles. The fourth-order valence-electron chi connectivity index (χ4n) is 11.0. The predicted octanol–water partition coefficient (Wildman–Crippen LogP) is 17.3. The fraction of sp³-hybridized carbons (Fsp3) is 0.167. The molecule has 8 nitrogen and oxygen atoms in total. The Kier molecular flexibility index (Phi) is 13.7. The number of rotatable bonds is 8. The van der Waals surface area contributed by atoms with E-state index in [0.717, 1.165) is 140 Å². The van der Waals surface area contributed by atoms with Gasteiger partial charge in [0, 0.05) is 67.5 Å². The van der Waals surface area contributed by atoms with E-state index in [0.29, 0.717) is 45.2 Å². The molecule has 0 spiro atoms. The second kappa shape index (κ2) is 21.8. The van der Waals surface area contributed by atoms with Crippen molar-refractivity contribution in [3.8, 4) is 44.5 Å². The summed E-state index contributed by atoms with van der Waals surface area (Å²) >= 11 is 0. The molecular weight excluding hydrogens is 993 g/mol. The largest absolute Gasteiger partial charge is 0.426 e. The Labute approximate surface area is 461 Å². The normalized spacial score (nSPS) is 14.6. The standard InChI is InChI=1S/4C18H14O2/c4*19-18-15-9-5-4-8-14(15)16(12-6-2-1-3-7-12)17(20-18)13-10-11-13/h4*1-9,13H,10-11H2. The third-order valence-electron chi connectivity index (χ3n) is 15.5. The summed E-state index contributed by atoms with van der Waals surface area (Å²) < 4.78 is 22.6. The molecule has 8 heteroatoms. The molecule has 4 aliphatic carbocycles. The van der Waals surface area contributed by atoms with E-state index in [1.807, 2.05) is 170 Å². The summed E-state index contributed by atoms with van der Waals surface area (Å²) in [6, 6.07) is 71.6. The molecule has 4 fully saturated rings. The zero-order chi connectivity index (χ0) is 54.1. The summed E-state index contributed by atoms with van der Waals surface area (Å²) in [7, 11) is 0. The number of hydrogen-bond donors (Lipinski definition) is 0. The van der Waals surface area contributed by atoms with Crippen molar-refractivity contribution in [3.63, 3.8) is 0 Å². The Morgan fingerprint density at radius 1 is 0.212 bits per heavy atom. The summed E-state index contributed by atoms with van der Waals surface area (Å²) in [5.41, 5.74) is 7.94. The van der Waals surface area contributed by atoms with Crippen LogP contribution in [-0.2, 0) is 0 Å². The Bertz CT molecular complexity index is 3890. The number of hydrogen-bond acceptors (Lipinski definition) is 8. The lowest BCUT2D eigenvalue weighted by Gasteiger charge is -2.11. The molecule has 12 aromatic rings. The van der Waals surface area contributed by atoms with E-state index in [-0.39, 0.29) is 22.5 Å². The van der Waals surface area contributed by atoms with Crippen LogP contribution in [-0.4, -0.2) is 0 Å². The molecule has 0 unspecified atom stereocenters. The maximum Gasteiger partial charge on any atom is 0.343 e. The zero-order valence-corrected chi connectivity index (χ0v) is 44.0. The molecule has 4 aromatic heterocycles. The van der Waals surface area contributed by atoms with Gasteiger partial charge in [-0.2, -0.15) is 0 Å². The first-order valence-electron chi connectivity index (χ1n) is 27.8. The molecule has 80 heavy (non-hydrogen) atoms. The van der Waals surface area contributed by atoms with E-state index in [9.17, 15) is 19.2 Å². The van der Waals surface area contributed by atoms with Crippen molar-refractivity contribution >= 4 is 43.1 Å². The second-order valence-corrected chi connectivity index (χ2v) is 21.3. The van der Waals surface area contributed by atoms with Gasteiger partial charge in [-0.3, -0.25) is 0 Å². The zero-order valence-electron chi connectivity index (χ0n) is 44.0. The molecule has 0 saturated heterocycles. The highest BCUT2D eigenvalue weighted by Crippen LogP contribution is 2.49. The van der Waals surface area contributed by atoms with Crippen LogP contribution in [0.4, 0.5) is 0 Å². The third-order valence-corrected chi connectivity index (χ3v) is 15.5. The third kappa shape index (κ3) is 10.3. The quantitative estimate of drug-likeness (QED) is 0.148. The van der Waals surface area contributed by atoms with Gasteiger partial charge in [0.1, 0.15) is 23.0 Å². The van der Waals surface area contributed by atoms with Crippen LogP contribution < -0.4 is 22.5 Å². The monoisotopic (exact) mass is 1050 g/mol. The fourth-order valence-corrected chi connectivity index (χ4v) is 11.0. The van der Waals surface area contributed by atoms with E-state index in [1.54, 1.807) is 0 Å². The highest BCUT2D eigenvalue weighted by atomic mass is 16.4. The van der Waals surface area contributed by atoms with Gasteiger partial charge in [0.05, 0.1) is 21.5 Å². The van der Waals surface area contributed by atoms with E-state index in [4.69, 9.17) is 17.7 Å². The van der Waals surface area contributed by atoms with Gasteiger partial charge in [-0.25, -0.2) is 19.2 Å². The molecule has 0 atom stereocenters. The Hall–Kier alpha value is -9.40. The topological polar surface area (TPSA) is 121 Å². The first-order valence-corrected chi connectivity index (χ1v) is 27.8. The molecule has 0 N–H and O–H groups in total. The van der Waals surface area contributed by atoms with Crippen molar-refractivity contribution in [2.75, 3.05) is 0 Å². The van der Waals surface area contributed by atoms with Gasteiger partial charge >= 0.3 is 22.5 Å². The minimum atomic E-state index is -0.220. The second-order valence-electron chi connectivity index (χ2n) is 21.3. The van der Waals surface area contributed by atoms with E-state index < -0.39 is 0 Å². The molecule has 0 bridgehead atoms. The van der Waals surface area contributed by atoms with Crippen LogP contribution >= 0.6 is 0 Å². The van der Waals surface area contributed by atoms with Crippen molar-refractivity contribution in [1.82, 2.24) is 0 Å². The molecule has 0 amide bonds. The summed E-state index contributed by atoms with van der Waals surface area (Å²) in [5, 5.41) is 6.64. The van der Waals surface area contributed by atoms with Gasteiger partial charge < -0.3 is 17.7 Å². The van der Waals surface area contributed by atoms with Crippen molar-refractivity contribution < 1.29 is 17.7 Å². The molecular formula is C72H56O8. The first kappa shape index (κ1) is 50.1. The predicted molar refractivity (Wildman–Crippen MR) is 320 cm³/mol. The van der Waals surface area contributed by atoms with Gasteiger partial charge in [0.15, 0.2) is 0 Å². The van der Waals surface area contributed by atoms with Crippen LogP contribution in [0.3, 0.4) is 0 Å². The van der Waals surface area contributed by atoms with Crippen LogP contribution in [0.1, 0.15) is 98.1 Å². The van der Waals surface area contributed by atoms with Gasteiger partial charge in [0.2, 0.25) is 0 Å². The molecule has 8 aromatic carbocycles. The molecule has 392 valence electrons. The van der Waals surface area contributed by atoms with Crippen LogP contribution in [0.15, 0.2) is 255 Å². The highest BCUT2D eigenvalue weighted by molar-refractivity contribution is 6.00. The summed E-state index contributed by atoms with van der Waals surface area (Å²) in [5.74, 6) is 5.06. The molecule has 0 radical (unpaired) electrons. The average molecular weight is 1050 g/mol. The Morgan fingerprint density at radius 2 is 0.375 bits per heavy atom. The van der Waals surface area contributed by atoms with Gasteiger partial charge in [-0.05, 0) is 97.9 Å². The summed E-state index contributed by atoms with van der Waals surface area (Å²) in [4.78, 5) is 48.6. The maximum absolute atomic E-state index is 12.1. The van der Waals surface area contributed by atoms with Crippen molar-refractivity contribution in [2.24, 2.45) is 0 Å². The molecule has 16 rings (SSSR count). The Morgan fingerprint density at radius 3 is 0.550 bits per heavy atom. The van der Waals surface area contributed by atoms with Crippen LogP contribution in [0.5, 0.6) is 0 Å². The van der Waals surface area contributed by atoms with Gasteiger partial charge in [-0.1, -0.05) is 194 Å². The minimum Gasteiger partial charge on any atom is -0.426 e. The highest BCUT2D eigenvalue weighted by Gasteiger charge is 2.34. The van der Waals surface area contributed by atoms with Crippen molar-refractivity contribution in [2.45, 2.75) is 75.0 Å². The SMILES string of the molecule is O=c1oc(C2CC2)c(-c2ccccc2)c2ccccc12.O=c1oc(C2CC2)c(-c2ccccc2)c2ccccc12.O=c1oc(C2CC2)c(-c2ccccc2)c2ccccc12.O=c1oc(C2CC2)c(-c2ccccc2)c2ccccc12. The van der Waals surface area contributed by atoms with E-state index in [1.165, 1.54) is 0 Å². The van der Waals surface area contributed by atoms with Crippen LogP contribution in [0, 0.1) is 0 Å². The molecule has 4 heterocycles. The van der Waals surface area contributed by atoms with Gasteiger partial charge in [-0.15, -0.1) is 0 Å². The van der Waals surface area contributed by atoms with Crippen LogP contribution in [0.25, 0.3) is 87.6 Å². The molecule has 4 aliphatic rings. The lowest BCUT2D eigenvalue weighted by molar-refractivity contribution is 0.471. The van der Waals surface area contributed by atoms with E-state index in [2.05, 4.69) is 48.5 Å². The minimum absolute atomic E-state index is 0.220. The molecule has 4 saturated carbocycles. The number of benzene rings is 8. The number of fused-ring (bicyclic) bond motifs is 4. The average Bonchev–Trinajstić information content (AvgIpc) is 4.30. The lowest BCUT2D eigenvalue weighted by Crippen LogP contribution is -2.04. The van der Waals surface area contributed by atoms with Crippen molar-refractivity contribution in [1.29, 1.82) is 0 Å².